The molecular formula is C11H19NO2. The van der Waals surface area contributed by atoms with Crippen LogP contribution in [0.15, 0.2) is 18.5 Å². The Morgan fingerprint density at radius 1 is 1.50 bits per heavy atom. The summed E-state index contributed by atoms with van der Waals surface area (Å²) in [5.74, 6) is 0. The Kier molecular flexibility index (Phi) is 4.70. The normalized spacial score (nSPS) is 13.1. The SMILES string of the molecule is CCCC(O)c1ccn(CCCO)c1. The largest absolute Gasteiger partial charge is 0.396 e. The molecule has 0 bridgehead atoms. The summed E-state index contributed by atoms with van der Waals surface area (Å²) in [4.78, 5) is 0. The Bertz CT molecular complexity index is 258. The van der Waals surface area contributed by atoms with E-state index in [2.05, 4.69) is 6.92 Å². The third kappa shape index (κ3) is 3.16. The van der Waals surface area contributed by atoms with E-state index in [9.17, 15) is 5.11 Å². The van der Waals surface area contributed by atoms with Crippen molar-refractivity contribution in [3.05, 3.63) is 24.0 Å². The molecule has 0 aliphatic carbocycles. The number of aliphatic hydroxyl groups excluding tert-OH is 2. The number of nitrogens with zero attached hydrogens (tertiary/aromatic N) is 1. The first-order valence-electron chi connectivity index (χ1n) is 5.22. The van der Waals surface area contributed by atoms with Crippen LogP contribution in [-0.4, -0.2) is 21.4 Å². The summed E-state index contributed by atoms with van der Waals surface area (Å²) in [5, 5.41) is 18.4. The van der Waals surface area contributed by atoms with Crippen molar-refractivity contribution in [2.45, 2.75) is 38.8 Å². The third-order valence-corrected chi connectivity index (χ3v) is 2.29. The molecule has 1 heterocycles. The molecule has 1 atom stereocenters. The van der Waals surface area contributed by atoms with Gasteiger partial charge in [-0.3, -0.25) is 0 Å². The molecule has 3 nitrogen and oxygen atoms in total. The first-order valence-corrected chi connectivity index (χ1v) is 5.22. The van der Waals surface area contributed by atoms with Crippen molar-refractivity contribution in [1.82, 2.24) is 4.57 Å². The molecule has 2 N–H and O–H groups in total. The van der Waals surface area contributed by atoms with Crippen molar-refractivity contribution in [1.29, 1.82) is 0 Å². The molecule has 0 fully saturated rings. The number of aliphatic hydroxyl groups is 2. The summed E-state index contributed by atoms with van der Waals surface area (Å²) in [6.45, 7) is 3.09. The van der Waals surface area contributed by atoms with Crippen LogP contribution in [0.3, 0.4) is 0 Å². The Hall–Kier alpha value is -0.800. The second-order valence-electron chi connectivity index (χ2n) is 3.56. The van der Waals surface area contributed by atoms with E-state index in [-0.39, 0.29) is 12.7 Å². The zero-order valence-electron chi connectivity index (χ0n) is 8.69. The molecule has 0 spiro atoms. The number of rotatable bonds is 6. The van der Waals surface area contributed by atoms with Crippen LogP contribution >= 0.6 is 0 Å². The smallest absolute Gasteiger partial charge is 0.0804 e. The molecule has 1 unspecified atom stereocenters. The van der Waals surface area contributed by atoms with E-state index < -0.39 is 0 Å². The van der Waals surface area contributed by atoms with Crippen molar-refractivity contribution in [2.24, 2.45) is 0 Å². The van der Waals surface area contributed by atoms with Crippen molar-refractivity contribution in [3.8, 4) is 0 Å². The topological polar surface area (TPSA) is 45.4 Å². The van der Waals surface area contributed by atoms with Crippen LogP contribution < -0.4 is 0 Å². The van der Waals surface area contributed by atoms with E-state index in [0.29, 0.717) is 0 Å². The van der Waals surface area contributed by atoms with Crippen molar-refractivity contribution < 1.29 is 10.2 Å². The average molecular weight is 197 g/mol. The fourth-order valence-corrected chi connectivity index (χ4v) is 1.49. The van der Waals surface area contributed by atoms with Crippen LogP contribution in [0.5, 0.6) is 0 Å². The van der Waals surface area contributed by atoms with Crippen molar-refractivity contribution >= 4 is 0 Å². The highest BCUT2D eigenvalue weighted by molar-refractivity contribution is 5.13. The molecule has 1 aromatic heterocycles. The van der Waals surface area contributed by atoms with Crippen LogP contribution in [0.25, 0.3) is 0 Å². The molecule has 0 aliphatic heterocycles. The maximum atomic E-state index is 9.70. The van der Waals surface area contributed by atoms with Gasteiger partial charge in [0, 0.05) is 25.5 Å². The molecular weight excluding hydrogens is 178 g/mol. The van der Waals surface area contributed by atoms with Gasteiger partial charge in [-0.2, -0.15) is 0 Å². The monoisotopic (exact) mass is 197 g/mol. The fraction of sp³-hybridized carbons (Fsp3) is 0.636. The van der Waals surface area contributed by atoms with E-state index in [1.165, 1.54) is 0 Å². The van der Waals surface area contributed by atoms with Crippen molar-refractivity contribution in [2.75, 3.05) is 6.61 Å². The minimum atomic E-state index is -0.338. The summed E-state index contributed by atoms with van der Waals surface area (Å²) >= 11 is 0. The maximum Gasteiger partial charge on any atom is 0.0804 e. The first-order chi connectivity index (χ1) is 6.77. The van der Waals surface area contributed by atoms with E-state index >= 15 is 0 Å². The van der Waals surface area contributed by atoms with Gasteiger partial charge in [0.05, 0.1) is 6.10 Å². The number of aromatic nitrogens is 1. The van der Waals surface area contributed by atoms with E-state index in [1.54, 1.807) is 0 Å². The van der Waals surface area contributed by atoms with Gasteiger partial charge in [0.2, 0.25) is 0 Å². The summed E-state index contributed by atoms with van der Waals surface area (Å²) in [5.41, 5.74) is 0.977. The Morgan fingerprint density at radius 2 is 2.29 bits per heavy atom. The molecule has 1 aromatic rings. The van der Waals surface area contributed by atoms with Gasteiger partial charge in [0.1, 0.15) is 0 Å². The highest BCUT2D eigenvalue weighted by atomic mass is 16.3. The van der Waals surface area contributed by atoms with Gasteiger partial charge in [-0.25, -0.2) is 0 Å². The Balaban J connectivity index is 2.49. The van der Waals surface area contributed by atoms with Crippen LogP contribution in [0.1, 0.15) is 37.9 Å². The Labute approximate surface area is 85.0 Å². The van der Waals surface area contributed by atoms with Crippen LogP contribution in [0.4, 0.5) is 0 Å². The van der Waals surface area contributed by atoms with E-state index in [0.717, 1.165) is 31.4 Å². The highest BCUT2D eigenvalue weighted by Crippen LogP contribution is 2.18. The maximum absolute atomic E-state index is 9.70. The van der Waals surface area contributed by atoms with Gasteiger partial charge < -0.3 is 14.8 Å². The lowest BCUT2D eigenvalue weighted by atomic mass is 10.1. The minimum absolute atomic E-state index is 0.213. The molecule has 14 heavy (non-hydrogen) atoms. The summed E-state index contributed by atoms with van der Waals surface area (Å²) in [7, 11) is 0. The third-order valence-electron chi connectivity index (χ3n) is 2.29. The first kappa shape index (κ1) is 11.3. The van der Waals surface area contributed by atoms with Gasteiger partial charge in [-0.05, 0) is 24.5 Å². The van der Waals surface area contributed by atoms with Crippen LogP contribution in [-0.2, 0) is 6.54 Å². The van der Waals surface area contributed by atoms with E-state index in [1.807, 2.05) is 23.0 Å². The summed E-state index contributed by atoms with van der Waals surface area (Å²) in [6.07, 6.45) is 6.13. The number of aryl methyl sites for hydroxylation is 1. The average Bonchev–Trinajstić information content (AvgIpc) is 2.63. The molecule has 0 aliphatic rings. The molecule has 0 amide bonds. The predicted octanol–water partition coefficient (Wildman–Crippen LogP) is 1.70. The predicted molar refractivity (Wildman–Crippen MR) is 56.0 cm³/mol. The second-order valence-corrected chi connectivity index (χ2v) is 3.56. The number of hydrogen-bond donors (Lipinski definition) is 2. The molecule has 3 heteroatoms. The zero-order valence-corrected chi connectivity index (χ0v) is 8.69. The molecule has 80 valence electrons. The quantitative estimate of drug-likeness (QED) is 0.729. The lowest BCUT2D eigenvalue weighted by Gasteiger charge is -2.06. The molecule has 0 radical (unpaired) electrons. The zero-order chi connectivity index (χ0) is 10.4. The van der Waals surface area contributed by atoms with Crippen LogP contribution in [0, 0.1) is 0 Å². The molecule has 0 saturated heterocycles. The summed E-state index contributed by atoms with van der Waals surface area (Å²) < 4.78 is 2.00. The molecule has 0 aromatic carbocycles. The minimum Gasteiger partial charge on any atom is -0.396 e. The standard InChI is InChI=1S/C11H19NO2/c1-2-4-11(14)10-5-7-12(9-10)6-3-8-13/h5,7,9,11,13-14H,2-4,6,8H2,1H3. The van der Waals surface area contributed by atoms with Gasteiger partial charge in [-0.15, -0.1) is 0 Å². The van der Waals surface area contributed by atoms with E-state index in [4.69, 9.17) is 5.11 Å². The summed E-state index contributed by atoms with van der Waals surface area (Å²) in [6, 6.07) is 1.94. The number of hydrogen-bond acceptors (Lipinski definition) is 2. The van der Waals surface area contributed by atoms with Gasteiger partial charge in [0.15, 0.2) is 0 Å². The molecule has 0 saturated carbocycles. The lowest BCUT2D eigenvalue weighted by Crippen LogP contribution is -1.98. The molecule has 1 rings (SSSR count). The highest BCUT2D eigenvalue weighted by Gasteiger charge is 2.07. The Morgan fingerprint density at radius 3 is 2.93 bits per heavy atom. The fourth-order valence-electron chi connectivity index (χ4n) is 1.49. The van der Waals surface area contributed by atoms with Gasteiger partial charge in [0.25, 0.3) is 0 Å². The van der Waals surface area contributed by atoms with Gasteiger partial charge in [-0.1, -0.05) is 13.3 Å². The van der Waals surface area contributed by atoms with Crippen molar-refractivity contribution in [3.63, 3.8) is 0 Å². The second kappa shape index (κ2) is 5.83. The lowest BCUT2D eigenvalue weighted by molar-refractivity contribution is 0.166. The van der Waals surface area contributed by atoms with Crippen LogP contribution in [0.2, 0.25) is 0 Å². The van der Waals surface area contributed by atoms with Gasteiger partial charge >= 0.3 is 0 Å².